The third-order valence-electron chi connectivity index (χ3n) is 2.55. The number of anilines is 1. The van der Waals surface area contributed by atoms with Crippen LogP contribution in [0.25, 0.3) is 0 Å². The predicted molar refractivity (Wildman–Crippen MR) is 53.7 cm³/mol. The molecule has 0 aromatic carbocycles. The van der Waals surface area contributed by atoms with E-state index >= 15 is 0 Å². The topological polar surface area (TPSA) is 67.3 Å². The van der Waals surface area contributed by atoms with Gasteiger partial charge in [-0.05, 0) is 6.42 Å². The Kier molecular flexibility index (Phi) is 2.69. The number of hydrogen-bond acceptors (Lipinski definition) is 4. The lowest BCUT2D eigenvalue weighted by Crippen LogP contribution is -2.26. The molecular weight excluding hydrogens is 180 g/mol. The van der Waals surface area contributed by atoms with Crippen molar-refractivity contribution >= 4 is 5.69 Å². The van der Waals surface area contributed by atoms with Crippen LogP contribution in [0.1, 0.15) is 6.42 Å². The minimum atomic E-state index is -0.141. The molecule has 0 radical (unpaired) electrons. The summed E-state index contributed by atoms with van der Waals surface area (Å²) in [5.74, 6) is 0. The number of aliphatic hydroxyl groups is 1. The number of aromatic nitrogens is 2. The molecule has 1 aliphatic heterocycles. The summed E-state index contributed by atoms with van der Waals surface area (Å²) >= 11 is 0. The van der Waals surface area contributed by atoms with Gasteiger partial charge in [0.2, 0.25) is 0 Å². The van der Waals surface area contributed by atoms with E-state index in [4.69, 9.17) is 5.73 Å². The molecule has 1 aliphatic rings. The average molecular weight is 196 g/mol. The predicted octanol–water partition coefficient (Wildman–Crippen LogP) is -0.468. The number of aliphatic hydroxyl groups excluding tert-OH is 1. The summed E-state index contributed by atoms with van der Waals surface area (Å²) in [7, 11) is 0. The number of nitrogens with zero attached hydrogens (tertiary/aromatic N) is 3. The zero-order valence-corrected chi connectivity index (χ0v) is 8.13. The molecule has 78 valence electrons. The normalized spacial score (nSPS) is 23.1. The molecule has 2 heterocycles. The number of nitrogen functional groups attached to an aromatic ring is 1. The van der Waals surface area contributed by atoms with Crippen LogP contribution < -0.4 is 5.73 Å². The molecule has 0 amide bonds. The van der Waals surface area contributed by atoms with Crippen LogP contribution in [0.2, 0.25) is 0 Å². The zero-order valence-electron chi connectivity index (χ0n) is 8.13. The Hall–Kier alpha value is -1.07. The van der Waals surface area contributed by atoms with Crippen molar-refractivity contribution in [3.8, 4) is 0 Å². The third-order valence-corrected chi connectivity index (χ3v) is 2.55. The fourth-order valence-corrected chi connectivity index (χ4v) is 1.76. The van der Waals surface area contributed by atoms with Gasteiger partial charge >= 0.3 is 0 Å². The monoisotopic (exact) mass is 196 g/mol. The van der Waals surface area contributed by atoms with Crippen LogP contribution in [-0.2, 0) is 6.54 Å². The van der Waals surface area contributed by atoms with E-state index in [1.165, 1.54) is 0 Å². The Labute approximate surface area is 83.1 Å². The van der Waals surface area contributed by atoms with Crippen molar-refractivity contribution in [2.75, 3.05) is 25.4 Å². The van der Waals surface area contributed by atoms with E-state index in [9.17, 15) is 5.11 Å². The van der Waals surface area contributed by atoms with Gasteiger partial charge in [-0.25, -0.2) is 0 Å². The maximum absolute atomic E-state index is 9.32. The van der Waals surface area contributed by atoms with Gasteiger partial charge in [0.15, 0.2) is 0 Å². The van der Waals surface area contributed by atoms with E-state index in [0.717, 1.165) is 32.6 Å². The first-order valence-corrected chi connectivity index (χ1v) is 4.92. The minimum Gasteiger partial charge on any atom is -0.396 e. The zero-order chi connectivity index (χ0) is 9.97. The number of β-amino-alcohol motifs (C(OH)–C–C–N with tert-alkyl or cyclic N) is 1. The van der Waals surface area contributed by atoms with E-state index in [2.05, 4.69) is 10.00 Å². The molecule has 0 unspecified atom stereocenters. The Morgan fingerprint density at radius 3 is 3.00 bits per heavy atom. The van der Waals surface area contributed by atoms with Crippen molar-refractivity contribution in [2.24, 2.45) is 0 Å². The molecule has 0 saturated carbocycles. The van der Waals surface area contributed by atoms with Gasteiger partial charge in [-0.3, -0.25) is 9.58 Å². The molecular formula is C9H16N4O. The van der Waals surface area contributed by atoms with Crippen molar-refractivity contribution in [1.29, 1.82) is 0 Å². The largest absolute Gasteiger partial charge is 0.396 e. The van der Waals surface area contributed by atoms with Gasteiger partial charge < -0.3 is 10.8 Å². The van der Waals surface area contributed by atoms with Gasteiger partial charge in [0.25, 0.3) is 0 Å². The van der Waals surface area contributed by atoms with E-state index in [1.54, 1.807) is 6.20 Å². The van der Waals surface area contributed by atoms with Gasteiger partial charge in [-0.2, -0.15) is 5.10 Å². The minimum absolute atomic E-state index is 0.141. The number of rotatable bonds is 3. The highest BCUT2D eigenvalue weighted by Gasteiger charge is 2.19. The van der Waals surface area contributed by atoms with Gasteiger partial charge in [-0.15, -0.1) is 0 Å². The van der Waals surface area contributed by atoms with Gasteiger partial charge in [0, 0.05) is 25.8 Å². The summed E-state index contributed by atoms with van der Waals surface area (Å²) in [6.45, 7) is 3.54. The van der Waals surface area contributed by atoms with E-state index in [-0.39, 0.29) is 6.10 Å². The highest BCUT2D eigenvalue weighted by atomic mass is 16.3. The van der Waals surface area contributed by atoms with Gasteiger partial charge in [0.1, 0.15) is 0 Å². The van der Waals surface area contributed by atoms with E-state index in [0.29, 0.717) is 5.69 Å². The summed E-state index contributed by atoms with van der Waals surface area (Å²) in [5.41, 5.74) is 6.25. The average Bonchev–Trinajstić information content (AvgIpc) is 2.72. The molecule has 5 nitrogen and oxygen atoms in total. The summed E-state index contributed by atoms with van der Waals surface area (Å²) in [5, 5.41) is 13.4. The Morgan fingerprint density at radius 1 is 1.57 bits per heavy atom. The molecule has 1 aromatic rings. The second-order valence-electron chi connectivity index (χ2n) is 3.78. The van der Waals surface area contributed by atoms with E-state index in [1.807, 2.05) is 10.9 Å². The highest BCUT2D eigenvalue weighted by molar-refractivity contribution is 5.30. The van der Waals surface area contributed by atoms with Crippen molar-refractivity contribution in [3.05, 3.63) is 12.4 Å². The molecule has 5 heteroatoms. The maximum atomic E-state index is 9.32. The molecule has 0 spiro atoms. The van der Waals surface area contributed by atoms with E-state index < -0.39 is 0 Å². The van der Waals surface area contributed by atoms with Gasteiger partial charge in [0.05, 0.1) is 24.5 Å². The fourth-order valence-electron chi connectivity index (χ4n) is 1.76. The standard InChI is InChI=1S/C9H16N4O/c10-8-5-11-13(6-8)4-3-12-2-1-9(14)7-12/h5-6,9,14H,1-4,7,10H2/t9-/m1/s1. The molecule has 3 N–H and O–H groups in total. The van der Waals surface area contributed by atoms with Gasteiger partial charge in [-0.1, -0.05) is 0 Å². The van der Waals surface area contributed by atoms with Crippen LogP contribution in [0.15, 0.2) is 12.4 Å². The Morgan fingerprint density at radius 2 is 2.43 bits per heavy atom. The molecule has 2 rings (SSSR count). The molecule has 1 fully saturated rings. The second-order valence-corrected chi connectivity index (χ2v) is 3.78. The summed E-state index contributed by atoms with van der Waals surface area (Å²) in [4.78, 5) is 2.24. The van der Waals surface area contributed by atoms with Crippen LogP contribution in [0.5, 0.6) is 0 Å². The first-order chi connectivity index (χ1) is 6.74. The molecule has 14 heavy (non-hydrogen) atoms. The van der Waals surface area contributed by atoms with Crippen molar-refractivity contribution < 1.29 is 5.11 Å². The molecule has 1 saturated heterocycles. The Balaban J connectivity index is 1.77. The lowest BCUT2D eigenvalue weighted by Gasteiger charge is -2.14. The SMILES string of the molecule is Nc1cnn(CCN2CC[C@@H](O)C2)c1. The first-order valence-electron chi connectivity index (χ1n) is 4.92. The molecule has 0 bridgehead atoms. The molecule has 1 aromatic heterocycles. The fraction of sp³-hybridized carbons (Fsp3) is 0.667. The lowest BCUT2D eigenvalue weighted by molar-refractivity contribution is 0.174. The second kappa shape index (κ2) is 3.98. The van der Waals surface area contributed by atoms with Crippen LogP contribution in [0, 0.1) is 0 Å². The number of hydrogen-bond donors (Lipinski definition) is 2. The van der Waals surface area contributed by atoms with Crippen LogP contribution in [0.4, 0.5) is 5.69 Å². The number of nitrogens with two attached hydrogens (primary N) is 1. The summed E-state index contributed by atoms with van der Waals surface area (Å²) in [6, 6.07) is 0. The first kappa shape index (κ1) is 9.48. The lowest BCUT2D eigenvalue weighted by atomic mass is 10.3. The third kappa shape index (κ3) is 2.24. The number of likely N-dealkylation sites (tertiary alicyclic amines) is 1. The van der Waals surface area contributed by atoms with Crippen molar-refractivity contribution in [1.82, 2.24) is 14.7 Å². The smallest absolute Gasteiger partial charge is 0.0719 e. The summed E-state index contributed by atoms with van der Waals surface area (Å²) < 4.78 is 1.83. The van der Waals surface area contributed by atoms with Crippen LogP contribution in [-0.4, -0.2) is 45.5 Å². The van der Waals surface area contributed by atoms with Crippen molar-refractivity contribution in [2.45, 2.75) is 19.1 Å². The van der Waals surface area contributed by atoms with Crippen LogP contribution in [0.3, 0.4) is 0 Å². The highest BCUT2D eigenvalue weighted by Crippen LogP contribution is 2.08. The maximum Gasteiger partial charge on any atom is 0.0719 e. The molecule has 0 aliphatic carbocycles. The van der Waals surface area contributed by atoms with Crippen LogP contribution >= 0.6 is 0 Å². The van der Waals surface area contributed by atoms with Crippen molar-refractivity contribution in [3.63, 3.8) is 0 Å². The quantitative estimate of drug-likeness (QED) is 0.686. The summed E-state index contributed by atoms with van der Waals surface area (Å²) in [6.07, 6.45) is 4.23. The molecule has 1 atom stereocenters. The Bertz CT molecular complexity index is 299.